The van der Waals surface area contributed by atoms with Crippen molar-refractivity contribution >= 4 is 28.9 Å². The monoisotopic (exact) mass is 273 g/mol. The Kier molecular flexibility index (Phi) is 2.68. The number of carbonyl (C=O) groups is 1. The van der Waals surface area contributed by atoms with Gasteiger partial charge in [0.25, 0.3) is 0 Å². The molecular weight excluding hydrogens is 262 g/mol. The summed E-state index contributed by atoms with van der Waals surface area (Å²) in [6.07, 6.45) is 2.05. The molecule has 0 atom stereocenters. The van der Waals surface area contributed by atoms with Gasteiger partial charge in [-0.25, -0.2) is 9.77 Å². The average Bonchev–Trinajstić information content (AvgIpc) is 2.96. The van der Waals surface area contributed by atoms with Gasteiger partial charge in [-0.1, -0.05) is 18.2 Å². The van der Waals surface area contributed by atoms with Gasteiger partial charge in [-0.15, -0.1) is 5.10 Å². The van der Waals surface area contributed by atoms with Gasteiger partial charge in [0.1, 0.15) is 0 Å². The third kappa shape index (κ3) is 1.93. The van der Waals surface area contributed by atoms with E-state index in [4.69, 9.17) is 18.1 Å². The number of nitrogens with zero attached hydrogens (tertiary/aromatic N) is 2. The maximum absolute atomic E-state index is 12.1. The number of H-pyrrole nitrogens is 2. The molecule has 0 aliphatic rings. The quantitative estimate of drug-likeness (QED) is 0.383. The van der Waals surface area contributed by atoms with Crippen molar-refractivity contribution in [1.82, 2.24) is 19.9 Å². The molecule has 0 radical (unpaired) electrons. The molecule has 3 aromatic rings. The first-order valence-corrected chi connectivity index (χ1v) is 6.08. The van der Waals surface area contributed by atoms with Crippen molar-refractivity contribution in [2.75, 3.05) is 5.84 Å². The highest BCUT2D eigenvalue weighted by Gasteiger charge is 2.16. The predicted octanol–water partition coefficient (Wildman–Crippen LogP) is 1.56. The second-order valence-electron chi connectivity index (χ2n) is 4.18. The SMILES string of the molecule is Nn1c(C(=O)Cc2c[nH]c3ccccc23)n[nH]c1=S. The smallest absolute Gasteiger partial charge is 0.217 e. The van der Waals surface area contributed by atoms with Crippen LogP contribution < -0.4 is 5.84 Å². The normalized spacial score (nSPS) is 10.9. The van der Waals surface area contributed by atoms with E-state index in [9.17, 15) is 4.79 Å². The third-order valence-electron chi connectivity index (χ3n) is 2.98. The number of para-hydroxylation sites is 1. The minimum Gasteiger partial charge on any atom is -0.361 e. The molecule has 0 aliphatic heterocycles. The summed E-state index contributed by atoms with van der Waals surface area (Å²) in [4.78, 5) is 15.3. The van der Waals surface area contributed by atoms with E-state index in [-0.39, 0.29) is 22.8 Å². The number of Topliss-reactive ketones (excluding diaryl/α,β-unsaturated/α-hetero) is 1. The van der Waals surface area contributed by atoms with E-state index in [0.717, 1.165) is 21.1 Å². The van der Waals surface area contributed by atoms with Crippen molar-refractivity contribution in [2.45, 2.75) is 6.42 Å². The number of carbonyl (C=O) groups excluding carboxylic acids is 1. The Morgan fingerprint density at radius 2 is 2.21 bits per heavy atom. The molecule has 0 saturated heterocycles. The molecule has 0 aliphatic carbocycles. The van der Waals surface area contributed by atoms with Crippen molar-refractivity contribution in [3.05, 3.63) is 46.6 Å². The summed E-state index contributed by atoms with van der Waals surface area (Å²) in [7, 11) is 0. The molecule has 6 nitrogen and oxygen atoms in total. The van der Waals surface area contributed by atoms with Gasteiger partial charge in [0.05, 0.1) is 0 Å². The van der Waals surface area contributed by atoms with Crippen molar-refractivity contribution in [3.63, 3.8) is 0 Å². The average molecular weight is 273 g/mol. The van der Waals surface area contributed by atoms with E-state index in [1.54, 1.807) is 0 Å². The fraction of sp³-hybridized carbons (Fsp3) is 0.0833. The molecule has 0 bridgehead atoms. The van der Waals surface area contributed by atoms with Crippen LogP contribution in [0.2, 0.25) is 0 Å². The van der Waals surface area contributed by atoms with Crippen LogP contribution in [0.25, 0.3) is 10.9 Å². The number of fused-ring (bicyclic) bond motifs is 1. The Hall–Kier alpha value is -2.41. The molecule has 96 valence electrons. The Morgan fingerprint density at radius 1 is 1.42 bits per heavy atom. The van der Waals surface area contributed by atoms with Crippen LogP contribution in [0, 0.1) is 4.77 Å². The Labute approximate surface area is 113 Å². The fourth-order valence-corrected chi connectivity index (χ4v) is 2.16. The molecule has 0 spiro atoms. The first-order valence-electron chi connectivity index (χ1n) is 5.67. The summed E-state index contributed by atoms with van der Waals surface area (Å²) < 4.78 is 1.31. The lowest BCUT2D eigenvalue weighted by molar-refractivity contribution is 0.0980. The number of rotatable bonds is 3. The van der Waals surface area contributed by atoms with Gasteiger partial charge in [-0.3, -0.25) is 4.79 Å². The van der Waals surface area contributed by atoms with Gasteiger partial charge >= 0.3 is 0 Å². The van der Waals surface area contributed by atoms with Crippen LogP contribution in [0.15, 0.2) is 30.5 Å². The number of aromatic nitrogens is 4. The van der Waals surface area contributed by atoms with Crippen molar-refractivity contribution in [2.24, 2.45) is 0 Å². The Balaban J connectivity index is 1.95. The van der Waals surface area contributed by atoms with Crippen LogP contribution >= 0.6 is 12.2 Å². The van der Waals surface area contributed by atoms with Gasteiger partial charge < -0.3 is 10.8 Å². The largest absolute Gasteiger partial charge is 0.361 e. The predicted molar refractivity (Wildman–Crippen MR) is 73.9 cm³/mol. The first-order chi connectivity index (χ1) is 9.16. The van der Waals surface area contributed by atoms with E-state index in [2.05, 4.69) is 15.2 Å². The molecular formula is C12H11N5OS. The lowest BCUT2D eigenvalue weighted by atomic mass is 10.1. The molecule has 19 heavy (non-hydrogen) atoms. The molecule has 4 N–H and O–H groups in total. The Bertz CT molecular complexity index is 813. The van der Waals surface area contributed by atoms with E-state index in [1.807, 2.05) is 30.5 Å². The van der Waals surface area contributed by atoms with Gasteiger partial charge in [0.15, 0.2) is 0 Å². The number of nitrogen functional groups attached to an aromatic ring is 1. The van der Waals surface area contributed by atoms with Gasteiger partial charge in [-0.2, -0.15) is 0 Å². The summed E-state index contributed by atoms with van der Waals surface area (Å²) in [5, 5.41) is 7.36. The van der Waals surface area contributed by atoms with Crippen LogP contribution in [0.4, 0.5) is 0 Å². The number of aromatic amines is 2. The van der Waals surface area contributed by atoms with Gasteiger partial charge in [-0.05, 0) is 23.8 Å². The minimum absolute atomic E-state index is 0.135. The van der Waals surface area contributed by atoms with Crippen molar-refractivity contribution < 1.29 is 4.79 Å². The number of ketones is 1. The van der Waals surface area contributed by atoms with Crippen LogP contribution in [0.5, 0.6) is 0 Å². The Morgan fingerprint density at radius 3 is 2.95 bits per heavy atom. The topological polar surface area (TPSA) is 92.5 Å². The van der Waals surface area contributed by atoms with Crippen molar-refractivity contribution in [1.29, 1.82) is 0 Å². The van der Waals surface area contributed by atoms with Crippen molar-refractivity contribution in [3.8, 4) is 0 Å². The molecule has 0 fully saturated rings. The molecule has 0 saturated carbocycles. The van der Waals surface area contributed by atoms with E-state index < -0.39 is 0 Å². The zero-order valence-corrected chi connectivity index (χ0v) is 10.7. The highest BCUT2D eigenvalue weighted by Crippen LogP contribution is 2.19. The number of hydrogen-bond acceptors (Lipinski definition) is 4. The van der Waals surface area contributed by atoms with Crippen LogP contribution in [0.3, 0.4) is 0 Å². The lowest BCUT2D eigenvalue weighted by Gasteiger charge is -1.99. The van der Waals surface area contributed by atoms with Crippen LogP contribution in [-0.4, -0.2) is 25.6 Å². The summed E-state index contributed by atoms with van der Waals surface area (Å²) in [6, 6.07) is 7.80. The molecule has 1 aromatic carbocycles. The number of hydrogen-bond donors (Lipinski definition) is 3. The number of benzene rings is 1. The first kappa shape index (κ1) is 11.7. The zero-order valence-electron chi connectivity index (χ0n) is 9.88. The standard InChI is InChI=1S/C12H11N5OS/c13-17-11(15-16-12(17)19)10(18)5-7-6-14-9-4-2-1-3-8(7)9/h1-4,6,14H,5,13H2,(H,16,19). The molecule has 2 aromatic heterocycles. The fourth-order valence-electron chi connectivity index (χ4n) is 2.03. The molecule has 3 rings (SSSR count). The number of nitrogens with two attached hydrogens (primary N) is 1. The summed E-state index contributed by atoms with van der Waals surface area (Å²) >= 11 is 4.88. The second kappa shape index (κ2) is 4.36. The minimum atomic E-state index is -0.181. The highest BCUT2D eigenvalue weighted by molar-refractivity contribution is 7.71. The maximum Gasteiger partial charge on any atom is 0.217 e. The van der Waals surface area contributed by atoms with Gasteiger partial charge in [0.2, 0.25) is 16.4 Å². The highest BCUT2D eigenvalue weighted by atomic mass is 32.1. The lowest BCUT2D eigenvalue weighted by Crippen LogP contribution is -2.18. The van der Waals surface area contributed by atoms with E-state index >= 15 is 0 Å². The van der Waals surface area contributed by atoms with Gasteiger partial charge in [0, 0.05) is 23.5 Å². The molecule has 0 amide bonds. The van der Waals surface area contributed by atoms with Crippen LogP contribution in [-0.2, 0) is 6.42 Å². The zero-order chi connectivity index (χ0) is 13.4. The number of nitrogens with one attached hydrogen (secondary N) is 2. The third-order valence-corrected chi connectivity index (χ3v) is 3.27. The summed E-state index contributed by atoms with van der Waals surface area (Å²) in [5.41, 5.74) is 1.91. The van der Waals surface area contributed by atoms with E-state index in [1.165, 1.54) is 0 Å². The second-order valence-corrected chi connectivity index (χ2v) is 4.57. The summed E-state index contributed by atoms with van der Waals surface area (Å²) in [5.74, 6) is 5.59. The summed E-state index contributed by atoms with van der Waals surface area (Å²) in [6.45, 7) is 0. The maximum atomic E-state index is 12.1. The molecule has 7 heteroatoms. The van der Waals surface area contributed by atoms with E-state index in [0.29, 0.717) is 0 Å². The molecule has 2 heterocycles. The van der Waals surface area contributed by atoms with Crippen LogP contribution in [0.1, 0.15) is 16.2 Å². The molecule has 0 unspecified atom stereocenters.